The fourth-order valence-corrected chi connectivity index (χ4v) is 4.68. The zero-order chi connectivity index (χ0) is 31.7. The molecule has 2 aromatic carbocycles. The maximum atomic E-state index is 15.7. The van der Waals surface area contributed by atoms with Gasteiger partial charge in [-0.15, -0.1) is 0 Å². The van der Waals surface area contributed by atoms with Crippen LogP contribution in [0.25, 0.3) is 0 Å². The van der Waals surface area contributed by atoms with Crippen molar-refractivity contribution >= 4 is 17.7 Å². The molecule has 0 aliphatic carbocycles. The van der Waals surface area contributed by atoms with E-state index in [1.165, 1.54) is 30.3 Å². The number of nitrogens with one attached hydrogen (secondary N) is 1. The molecule has 3 amide bonds. The number of morpholine rings is 1. The first-order valence-corrected chi connectivity index (χ1v) is 11.6. The Labute approximate surface area is 219 Å². The summed E-state index contributed by atoms with van der Waals surface area (Å²) in [5, 5.41) is 1.64. The van der Waals surface area contributed by atoms with E-state index in [1.54, 1.807) is 11.4 Å². The first-order chi connectivity index (χ1) is 19.9. The molecule has 3 heterocycles. The minimum atomic E-state index is -3.47. The van der Waals surface area contributed by atoms with Gasteiger partial charge in [-0.25, -0.2) is 4.39 Å². The lowest BCUT2D eigenvalue weighted by Crippen LogP contribution is -2.52. The number of fused-ring (bicyclic) bond motifs is 1. The Kier molecular flexibility index (Phi) is 4.77. The smallest absolute Gasteiger partial charge is 0.255 e. The van der Waals surface area contributed by atoms with Gasteiger partial charge >= 0.3 is 0 Å². The van der Waals surface area contributed by atoms with Crippen molar-refractivity contribution in [1.29, 1.82) is 0 Å². The number of nitrogens with zero attached hydrogens (tertiary/aromatic N) is 2. The van der Waals surface area contributed by atoms with E-state index in [0.717, 1.165) is 0 Å². The Morgan fingerprint density at radius 2 is 1.89 bits per heavy atom. The summed E-state index contributed by atoms with van der Waals surface area (Å²) < 4.78 is 85.4. The predicted molar refractivity (Wildman–Crippen MR) is 129 cm³/mol. The molecular formula is C27H30FN3O5. The molecule has 0 bridgehead atoms. The molecule has 3 atom stereocenters. The minimum Gasteiger partial charge on any atom is -0.488 e. The van der Waals surface area contributed by atoms with Crippen molar-refractivity contribution in [2.45, 2.75) is 64.5 Å². The summed E-state index contributed by atoms with van der Waals surface area (Å²) in [7, 11) is 0. The highest BCUT2D eigenvalue weighted by Crippen LogP contribution is 2.34. The van der Waals surface area contributed by atoms with Crippen LogP contribution in [0.2, 0.25) is 0 Å². The van der Waals surface area contributed by atoms with Gasteiger partial charge in [-0.2, -0.15) is 0 Å². The summed E-state index contributed by atoms with van der Waals surface area (Å²) in [5.74, 6) is -5.16. The van der Waals surface area contributed by atoms with E-state index in [2.05, 4.69) is 0 Å². The maximum Gasteiger partial charge on any atom is 0.255 e. The van der Waals surface area contributed by atoms with Gasteiger partial charge in [0.1, 0.15) is 24.1 Å². The summed E-state index contributed by atoms with van der Waals surface area (Å²) in [5.41, 5.74) is -0.316. The highest BCUT2D eigenvalue weighted by Gasteiger charge is 2.40. The lowest BCUT2D eigenvalue weighted by atomic mass is 10.0. The van der Waals surface area contributed by atoms with Crippen LogP contribution in [0, 0.1) is 5.82 Å². The van der Waals surface area contributed by atoms with Crippen molar-refractivity contribution in [3.63, 3.8) is 0 Å². The van der Waals surface area contributed by atoms with E-state index in [-0.39, 0.29) is 41.2 Å². The van der Waals surface area contributed by atoms with Gasteiger partial charge in [0.05, 0.1) is 22.9 Å². The maximum absolute atomic E-state index is 15.7. The molecule has 5 rings (SSSR count). The molecule has 3 aliphatic rings. The van der Waals surface area contributed by atoms with E-state index in [9.17, 15) is 14.4 Å². The van der Waals surface area contributed by atoms with Gasteiger partial charge in [-0.05, 0) is 32.4 Å². The third-order valence-corrected chi connectivity index (χ3v) is 6.17. The quantitative estimate of drug-likeness (QED) is 0.612. The SMILES string of the molecule is [2H]C([2H])(Oc1cccc2c1CN(C1([2H])C(=O)NC(=O)C([2H])([2H])C1([2H])[2H])C2=O)c1cccc(CN2CC(C)OC(C)C2)c1F. The van der Waals surface area contributed by atoms with E-state index >= 15 is 4.39 Å². The molecule has 190 valence electrons. The number of rotatable bonds is 6. The van der Waals surface area contributed by atoms with E-state index in [0.29, 0.717) is 18.0 Å². The van der Waals surface area contributed by atoms with Crippen molar-refractivity contribution in [1.82, 2.24) is 15.1 Å². The first-order valence-electron chi connectivity index (χ1n) is 15.1. The molecular weight excluding hydrogens is 465 g/mol. The normalized spacial score (nSPS) is 32.7. The Balaban J connectivity index is 1.44. The second-order valence-electron chi connectivity index (χ2n) is 8.99. The number of halogens is 1. The molecule has 36 heavy (non-hydrogen) atoms. The van der Waals surface area contributed by atoms with Crippen molar-refractivity contribution in [2.24, 2.45) is 0 Å². The third-order valence-electron chi connectivity index (χ3n) is 6.17. The number of piperidine rings is 1. The lowest BCUT2D eigenvalue weighted by Gasteiger charge is -2.35. The van der Waals surface area contributed by atoms with Gasteiger partial charge in [0.25, 0.3) is 5.91 Å². The lowest BCUT2D eigenvalue weighted by molar-refractivity contribution is -0.136. The number of benzene rings is 2. The minimum absolute atomic E-state index is 0.0167. The molecule has 3 aliphatic heterocycles. The van der Waals surface area contributed by atoms with Gasteiger partial charge in [0.15, 0.2) is 0 Å². The van der Waals surface area contributed by atoms with E-state index in [1.807, 2.05) is 18.7 Å². The largest absolute Gasteiger partial charge is 0.488 e. The molecule has 2 fully saturated rings. The van der Waals surface area contributed by atoms with Gasteiger partial charge in [-0.1, -0.05) is 24.3 Å². The fourth-order valence-electron chi connectivity index (χ4n) is 4.68. The van der Waals surface area contributed by atoms with Crippen LogP contribution < -0.4 is 10.1 Å². The number of amides is 3. The number of hydrogen-bond acceptors (Lipinski definition) is 6. The highest BCUT2D eigenvalue weighted by molar-refractivity contribution is 6.05. The fraction of sp³-hybridized carbons (Fsp3) is 0.444. The molecule has 0 saturated carbocycles. The average molecular weight is 503 g/mol. The highest BCUT2D eigenvalue weighted by atomic mass is 19.1. The Bertz CT molecular complexity index is 1500. The van der Waals surface area contributed by atoms with Crippen molar-refractivity contribution in [2.75, 3.05) is 13.1 Å². The van der Waals surface area contributed by atoms with E-state index in [4.69, 9.17) is 19.1 Å². The first kappa shape index (κ1) is 17.2. The zero-order valence-electron chi connectivity index (χ0n) is 26.8. The summed E-state index contributed by atoms with van der Waals surface area (Å²) in [4.78, 5) is 40.7. The van der Waals surface area contributed by atoms with Gasteiger partial charge < -0.3 is 14.4 Å². The van der Waals surface area contributed by atoms with Crippen LogP contribution in [-0.4, -0.2) is 58.8 Å². The molecule has 2 aromatic rings. The number of carbonyl (C=O) groups is 3. The van der Waals surface area contributed by atoms with Crippen molar-refractivity contribution in [3.8, 4) is 5.75 Å². The van der Waals surface area contributed by atoms with Crippen molar-refractivity contribution in [3.05, 3.63) is 64.5 Å². The number of hydrogen-bond donors (Lipinski definition) is 1. The zero-order valence-corrected chi connectivity index (χ0v) is 19.8. The Hall–Kier alpha value is -3.30. The molecule has 0 spiro atoms. The van der Waals surface area contributed by atoms with Crippen molar-refractivity contribution < 1.29 is 37.8 Å². The van der Waals surface area contributed by atoms with Crippen LogP contribution >= 0.6 is 0 Å². The Morgan fingerprint density at radius 3 is 2.67 bits per heavy atom. The second kappa shape index (κ2) is 9.99. The predicted octanol–water partition coefficient (Wildman–Crippen LogP) is 2.77. The summed E-state index contributed by atoms with van der Waals surface area (Å²) in [6.07, 6.45) is -6.91. The molecule has 9 heteroatoms. The van der Waals surface area contributed by atoms with Gasteiger partial charge in [-0.3, -0.25) is 24.6 Å². The summed E-state index contributed by atoms with van der Waals surface area (Å²) in [6.45, 7) is 1.79. The second-order valence-corrected chi connectivity index (χ2v) is 8.99. The van der Waals surface area contributed by atoms with Crippen LogP contribution in [0.4, 0.5) is 4.39 Å². The number of ether oxygens (including phenoxy) is 2. The summed E-state index contributed by atoms with van der Waals surface area (Å²) >= 11 is 0. The molecule has 8 nitrogen and oxygen atoms in total. The van der Waals surface area contributed by atoms with Crippen LogP contribution in [0.15, 0.2) is 36.4 Å². The van der Waals surface area contributed by atoms with E-state index < -0.39 is 61.0 Å². The van der Waals surface area contributed by atoms with Gasteiger partial charge in [0, 0.05) is 53.7 Å². The molecule has 3 unspecified atom stereocenters. The Morgan fingerprint density at radius 1 is 1.17 bits per heavy atom. The molecule has 0 aromatic heterocycles. The standard InChI is InChI=1S/C27H30FN3O5/c1-16-11-30(12-17(2)36-16)13-18-5-3-6-19(25(18)28)15-35-23-8-4-7-20-21(23)14-31(27(20)34)22-9-10-24(32)29-26(22)33/h3-8,16-17,22H,9-15H2,1-2H3,(H,29,32,33)/i9D2,10D2,15D2,22D. The average Bonchev–Trinajstić information content (AvgIpc) is 3.25. The molecule has 0 radical (unpaired) electrons. The number of carbonyl (C=O) groups excluding carboxylic acids is 3. The topological polar surface area (TPSA) is 88.2 Å². The molecule has 1 N–H and O–H groups in total. The van der Waals surface area contributed by atoms with Crippen LogP contribution in [0.3, 0.4) is 0 Å². The van der Waals surface area contributed by atoms with Crippen LogP contribution in [0.1, 0.15) is 63.2 Å². The molecule has 2 saturated heterocycles. The summed E-state index contributed by atoms with van der Waals surface area (Å²) in [6, 6.07) is 5.04. The van der Waals surface area contributed by atoms with Gasteiger partial charge in [0.2, 0.25) is 11.8 Å². The monoisotopic (exact) mass is 502 g/mol. The third kappa shape index (κ3) is 4.85. The number of imide groups is 1. The van der Waals surface area contributed by atoms with Crippen LogP contribution in [0.5, 0.6) is 5.75 Å². The van der Waals surface area contributed by atoms with Crippen LogP contribution in [-0.2, 0) is 34.0 Å².